The molecule has 1 aromatic carbocycles. The van der Waals surface area contributed by atoms with E-state index in [1.54, 1.807) is 6.20 Å². The highest BCUT2D eigenvalue weighted by atomic mass is 14.9. The van der Waals surface area contributed by atoms with Gasteiger partial charge in [0.1, 0.15) is 5.82 Å². The molecule has 0 saturated carbocycles. The van der Waals surface area contributed by atoms with Crippen LogP contribution in [0.15, 0.2) is 42.6 Å². The lowest BCUT2D eigenvalue weighted by atomic mass is 9.97. The van der Waals surface area contributed by atoms with Gasteiger partial charge >= 0.3 is 0 Å². The molecule has 19 heavy (non-hydrogen) atoms. The van der Waals surface area contributed by atoms with Crippen LogP contribution >= 0.6 is 0 Å². The number of benzene rings is 1. The lowest BCUT2D eigenvalue weighted by Crippen LogP contribution is -2.30. The summed E-state index contributed by atoms with van der Waals surface area (Å²) in [5.74, 6) is 0.586. The van der Waals surface area contributed by atoms with Gasteiger partial charge in [-0.1, -0.05) is 24.3 Å². The summed E-state index contributed by atoms with van der Waals surface area (Å²) in [6.45, 7) is 2.16. The third kappa shape index (κ3) is 3.80. The number of hydrogen-bond donors (Lipinski definition) is 2. The minimum atomic E-state index is 0.405. The molecule has 0 fully saturated rings. The fourth-order valence-electron chi connectivity index (χ4n) is 2.29. The van der Waals surface area contributed by atoms with Crippen LogP contribution in [0.1, 0.15) is 16.7 Å². The number of nitrogen functional groups attached to an aromatic ring is 1. The van der Waals surface area contributed by atoms with E-state index in [1.165, 1.54) is 16.7 Å². The quantitative estimate of drug-likeness (QED) is 0.862. The number of aromatic nitrogens is 1. The topological polar surface area (TPSA) is 50.9 Å². The monoisotopic (exact) mass is 255 g/mol. The molecule has 2 rings (SSSR count). The molecule has 0 aliphatic heterocycles. The van der Waals surface area contributed by atoms with Crippen LogP contribution in [0.4, 0.5) is 5.82 Å². The van der Waals surface area contributed by atoms with E-state index in [9.17, 15) is 0 Å². The van der Waals surface area contributed by atoms with Gasteiger partial charge in [-0.05, 0) is 55.6 Å². The average molecular weight is 255 g/mol. The number of nitrogens with zero attached hydrogens (tertiary/aromatic N) is 1. The molecule has 2 aromatic rings. The predicted octanol–water partition coefficient (Wildman–Crippen LogP) is 2.35. The Bertz CT molecular complexity index is 537. The Labute approximate surface area is 114 Å². The van der Waals surface area contributed by atoms with Gasteiger partial charge in [0.25, 0.3) is 0 Å². The molecule has 3 N–H and O–H groups in total. The van der Waals surface area contributed by atoms with Crippen molar-refractivity contribution in [1.29, 1.82) is 0 Å². The smallest absolute Gasteiger partial charge is 0.123 e. The first-order valence-corrected chi connectivity index (χ1v) is 6.61. The molecule has 1 aromatic heterocycles. The zero-order valence-electron chi connectivity index (χ0n) is 11.6. The maximum absolute atomic E-state index is 5.72. The normalized spacial score (nSPS) is 12.3. The Morgan fingerprint density at radius 3 is 2.68 bits per heavy atom. The summed E-state index contributed by atoms with van der Waals surface area (Å²) in [5, 5.41) is 3.38. The van der Waals surface area contributed by atoms with Crippen molar-refractivity contribution in [1.82, 2.24) is 10.3 Å². The van der Waals surface area contributed by atoms with Crippen molar-refractivity contribution in [3.8, 4) is 0 Å². The van der Waals surface area contributed by atoms with E-state index >= 15 is 0 Å². The van der Waals surface area contributed by atoms with Gasteiger partial charge in [-0.3, -0.25) is 0 Å². The largest absolute Gasteiger partial charge is 0.384 e. The van der Waals surface area contributed by atoms with Crippen molar-refractivity contribution in [3.05, 3.63) is 59.3 Å². The highest BCUT2D eigenvalue weighted by molar-refractivity contribution is 5.33. The number of nitrogens with one attached hydrogen (secondary N) is 1. The molecule has 0 bridgehead atoms. The van der Waals surface area contributed by atoms with Crippen LogP contribution in [-0.4, -0.2) is 18.1 Å². The summed E-state index contributed by atoms with van der Waals surface area (Å²) in [6, 6.07) is 12.9. The Balaban J connectivity index is 2.07. The second kappa shape index (κ2) is 6.34. The molecule has 0 radical (unpaired) electrons. The minimum absolute atomic E-state index is 0.405. The zero-order valence-corrected chi connectivity index (χ0v) is 11.6. The fraction of sp³-hybridized carbons (Fsp3) is 0.312. The Morgan fingerprint density at radius 2 is 2.00 bits per heavy atom. The number of nitrogens with two attached hydrogens (primary N) is 1. The molecule has 0 amide bonds. The highest BCUT2D eigenvalue weighted by Crippen LogP contribution is 2.13. The first-order chi connectivity index (χ1) is 9.19. The summed E-state index contributed by atoms with van der Waals surface area (Å²) < 4.78 is 0. The van der Waals surface area contributed by atoms with E-state index in [2.05, 4.69) is 41.5 Å². The summed E-state index contributed by atoms with van der Waals surface area (Å²) in [7, 11) is 2.01. The number of rotatable bonds is 5. The fourth-order valence-corrected chi connectivity index (χ4v) is 2.29. The highest BCUT2D eigenvalue weighted by Gasteiger charge is 2.10. The standard InChI is InChI=1S/C16H21N3/c1-12-5-3-4-6-14(12)11-15(18-2)9-13-7-8-19-16(17)10-13/h3-8,10,15,18H,9,11H2,1-2H3,(H2,17,19). The molecule has 0 saturated heterocycles. The van der Waals surface area contributed by atoms with E-state index in [0.29, 0.717) is 11.9 Å². The van der Waals surface area contributed by atoms with Gasteiger partial charge in [-0.15, -0.1) is 0 Å². The molecule has 1 heterocycles. The molecule has 100 valence electrons. The second-order valence-electron chi connectivity index (χ2n) is 4.91. The molecule has 3 heteroatoms. The first-order valence-electron chi connectivity index (χ1n) is 6.61. The molecule has 0 spiro atoms. The molecule has 3 nitrogen and oxygen atoms in total. The number of hydrogen-bond acceptors (Lipinski definition) is 3. The van der Waals surface area contributed by atoms with Crippen molar-refractivity contribution in [3.63, 3.8) is 0 Å². The van der Waals surface area contributed by atoms with Gasteiger partial charge in [0.15, 0.2) is 0 Å². The third-order valence-corrected chi connectivity index (χ3v) is 3.46. The lowest BCUT2D eigenvalue weighted by molar-refractivity contribution is 0.555. The summed E-state index contributed by atoms with van der Waals surface area (Å²) in [5.41, 5.74) is 9.68. The molecular formula is C16H21N3. The Kier molecular flexibility index (Phi) is 4.53. The average Bonchev–Trinajstić information content (AvgIpc) is 2.40. The van der Waals surface area contributed by atoms with E-state index in [1.807, 2.05) is 19.2 Å². The molecule has 0 aliphatic rings. The van der Waals surface area contributed by atoms with Crippen LogP contribution in [-0.2, 0) is 12.8 Å². The van der Waals surface area contributed by atoms with E-state index in [0.717, 1.165) is 12.8 Å². The molecule has 0 aliphatic carbocycles. The summed E-state index contributed by atoms with van der Waals surface area (Å²) in [4.78, 5) is 4.03. The summed E-state index contributed by atoms with van der Waals surface area (Å²) in [6.07, 6.45) is 3.74. The van der Waals surface area contributed by atoms with Gasteiger partial charge in [-0.25, -0.2) is 4.98 Å². The molecular weight excluding hydrogens is 234 g/mol. The maximum Gasteiger partial charge on any atom is 0.123 e. The van der Waals surface area contributed by atoms with Crippen LogP contribution in [0.25, 0.3) is 0 Å². The number of pyridine rings is 1. The van der Waals surface area contributed by atoms with Gasteiger partial charge in [0.05, 0.1) is 0 Å². The Morgan fingerprint density at radius 1 is 1.21 bits per heavy atom. The van der Waals surface area contributed by atoms with Gasteiger partial charge in [0, 0.05) is 12.2 Å². The Hall–Kier alpha value is -1.87. The van der Waals surface area contributed by atoms with Crippen LogP contribution in [0, 0.1) is 6.92 Å². The SMILES string of the molecule is CNC(Cc1ccnc(N)c1)Cc1ccccc1C. The number of likely N-dealkylation sites (N-methyl/N-ethyl adjacent to an activating group) is 1. The lowest BCUT2D eigenvalue weighted by Gasteiger charge is -2.17. The van der Waals surface area contributed by atoms with Gasteiger partial charge in [-0.2, -0.15) is 0 Å². The molecule has 1 atom stereocenters. The van der Waals surface area contributed by atoms with E-state index in [4.69, 9.17) is 5.73 Å². The minimum Gasteiger partial charge on any atom is -0.384 e. The van der Waals surface area contributed by atoms with Crippen LogP contribution in [0.5, 0.6) is 0 Å². The van der Waals surface area contributed by atoms with Crippen molar-refractivity contribution in [2.24, 2.45) is 0 Å². The van der Waals surface area contributed by atoms with Crippen LogP contribution in [0.3, 0.4) is 0 Å². The van der Waals surface area contributed by atoms with Crippen molar-refractivity contribution in [2.45, 2.75) is 25.8 Å². The zero-order chi connectivity index (χ0) is 13.7. The summed E-state index contributed by atoms with van der Waals surface area (Å²) >= 11 is 0. The third-order valence-electron chi connectivity index (χ3n) is 3.46. The first kappa shape index (κ1) is 13.6. The van der Waals surface area contributed by atoms with E-state index in [-0.39, 0.29) is 0 Å². The van der Waals surface area contributed by atoms with Gasteiger partial charge < -0.3 is 11.1 Å². The number of anilines is 1. The van der Waals surface area contributed by atoms with Crippen molar-refractivity contribution >= 4 is 5.82 Å². The van der Waals surface area contributed by atoms with Crippen molar-refractivity contribution in [2.75, 3.05) is 12.8 Å². The molecule has 1 unspecified atom stereocenters. The van der Waals surface area contributed by atoms with E-state index < -0.39 is 0 Å². The second-order valence-corrected chi connectivity index (χ2v) is 4.91. The van der Waals surface area contributed by atoms with Crippen molar-refractivity contribution < 1.29 is 0 Å². The maximum atomic E-state index is 5.72. The van der Waals surface area contributed by atoms with Crippen LogP contribution < -0.4 is 11.1 Å². The predicted molar refractivity (Wildman–Crippen MR) is 80.1 cm³/mol. The van der Waals surface area contributed by atoms with Gasteiger partial charge in [0.2, 0.25) is 0 Å². The number of aryl methyl sites for hydroxylation is 1. The van der Waals surface area contributed by atoms with Crippen LogP contribution in [0.2, 0.25) is 0 Å².